The molecule has 0 saturated heterocycles. The molecule has 0 aliphatic rings. The molecule has 0 saturated carbocycles. The van der Waals surface area contributed by atoms with Crippen molar-refractivity contribution in [2.75, 3.05) is 20.3 Å². The molecule has 2 unspecified atom stereocenters. The second kappa shape index (κ2) is 7.69. The van der Waals surface area contributed by atoms with Crippen LogP contribution in [0.1, 0.15) is 30.8 Å². The molecule has 0 aliphatic heterocycles. The molecule has 1 amide bonds. The van der Waals surface area contributed by atoms with E-state index in [-0.39, 0.29) is 30.9 Å². The first-order chi connectivity index (χ1) is 9.54. The van der Waals surface area contributed by atoms with Gasteiger partial charge in [0.2, 0.25) is 0 Å². The van der Waals surface area contributed by atoms with Crippen LogP contribution in [0.2, 0.25) is 0 Å². The van der Waals surface area contributed by atoms with Gasteiger partial charge in [-0.2, -0.15) is 0 Å². The van der Waals surface area contributed by atoms with Gasteiger partial charge < -0.3 is 19.2 Å². The zero-order valence-corrected chi connectivity index (χ0v) is 12.0. The zero-order valence-electron chi connectivity index (χ0n) is 12.0. The van der Waals surface area contributed by atoms with Crippen LogP contribution in [-0.4, -0.2) is 48.2 Å². The minimum atomic E-state index is -0.473. The summed E-state index contributed by atoms with van der Waals surface area (Å²) in [5.74, 6) is -1.02. The predicted octanol–water partition coefficient (Wildman–Crippen LogP) is 1.30. The number of esters is 1. The van der Waals surface area contributed by atoms with Crippen LogP contribution in [0.5, 0.6) is 0 Å². The summed E-state index contributed by atoms with van der Waals surface area (Å²) in [7, 11) is 1.31. The van der Waals surface area contributed by atoms with E-state index in [1.165, 1.54) is 18.3 Å². The van der Waals surface area contributed by atoms with E-state index in [2.05, 4.69) is 4.74 Å². The number of furan rings is 1. The van der Waals surface area contributed by atoms with Crippen molar-refractivity contribution in [3.05, 3.63) is 24.2 Å². The van der Waals surface area contributed by atoms with E-state index in [0.29, 0.717) is 6.42 Å². The number of hydrogen-bond acceptors (Lipinski definition) is 5. The minimum absolute atomic E-state index is 0.170. The monoisotopic (exact) mass is 283 g/mol. The fourth-order valence-corrected chi connectivity index (χ4v) is 1.96. The number of carbonyl (C=O) groups excluding carboxylic acids is 2. The maximum Gasteiger partial charge on any atom is 0.310 e. The third-order valence-corrected chi connectivity index (χ3v) is 3.19. The summed E-state index contributed by atoms with van der Waals surface area (Å²) in [6, 6.07) is 2.82. The minimum Gasteiger partial charge on any atom is -0.469 e. The number of amides is 1. The van der Waals surface area contributed by atoms with Crippen molar-refractivity contribution in [1.29, 1.82) is 0 Å². The molecule has 0 spiro atoms. The Hall–Kier alpha value is -1.82. The summed E-state index contributed by atoms with van der Waals surface area (Å²) < 4.78 is 9.76. The molecule has 1 heterocycles. The summed E-state index contributed by atoms with van der Waals surface area (Å²) in [6.07, 6.45) is 1.99. The first-order valence-electron chi connectivity index (χ1n) is 6.58. The topological polar surface area (TPSA) is 80.0 Å². The molecule has 0 aliphatic carbocycles. The highest BCUT2D eigenvalue weighted by Gasteiger charge is 2.28. The lowest BCUT2D eigenvalue weighted by atomic mass is 10.1. The lowest BCUT2D eigenvalue weighted by Crippen LogP contribution is -2.45. The highest BCUT2D eigenvalue weighted by atomic mass is 16.5. The maximum absolute atomic E-state index is 12.4. The van der Waals surface area contributed by atoms with Gasteiger partial charge in [0, 0.05) is 6.54 Å². The number of methoxy groups -OCH3 is 1. The number of aliphatic hydroxyl groups excluding tert-OH is 1. The van der Waals surface area contributed by atoms with Crippen molar-refractivity contribution in [2.24, 2.45) is 5.92 Å². The van der Waals surface area contributed by atoms with E-state index in [9.17, 15) is 14.7 Å². The molecule has 6 heteroatoms. The Balaban J connectivity index is 2.90. The number of hydrogen-bond donors (Lipinski definition) is 1. The van der Waals surface area contributed by atoms with Gasteiger partial charge in [-0.1, -0.05) is 13.8 Å². The van der Waals surface area contributed by atoms with Gasteiger partial charge in [0.25, 0.3) is 5.91 Å². The van der Waals surface area contributed by atoms with Crippen LogP contribution in [-0.2, 0) is 9.53 Å². The second-order valence-corrected chi connectivity index (χ2v) is 4.60. The number of ether oxygens (including phenoxy) is 1. The molecule has 1 rings (SSSR count). The summed E-state index contributed by atoms with van der Waals surface area (Å²) >= 11 is 0. The molecule has 6 nitrogen and oxygen atoms in total. The van der Waals surface area contributed by atoms with Crippen molar-refractivity contribution < 1.29 is 23.8 Å². The van der Waals surface area contributed by atoms with Gasteiger partial charge in [-0.3, -0.25) is 9.59 Å². The Morgan fingerprint density at radius 1 is 1.50 bits per heavy atom. The number of rotatable bonds is 7. The highest BCUT2D eigenvalue weighted by Crippen LogP contribution is 2.14. The van der Waals surface area contributed by atoms with Crippen LogP contribution >= 0.6 is 0 Å². The van der Waals surface area contributed by atoms with Crippen molar-refractivity contribution in [3.8, 4) is 0 Å². The number of aliphatic hydroxyl groups is 1. The normalized spacial score (nSPS) is 13.6. The summed E-state index contributed by atoms with van der Waals surface area (Å²) in [4.78, 5) is 25.3. The van der Waals surface area contributed by atoms with Crippen LogP contribution in [0.4, 0.5) is 0 Å². The average Bonchev–Trinajstić information content (AvgIpc) is 2.99. The summed E-state index contributed by atoms with van der Waals surface area (Å²) in [6.45, 7) is 3.55. The van der Waals surface area contributed by atoms with Crippen molar-refractivity contribution in [1.82, 2.24) is 4.90 Å². The zero-order chi connectivity index (χ0) is 15.1. The Kier molecular flexibility index (Phi) is 6.24. The molecule has 0 bridgehead atoms. The predicted molar refractivity (Wildman–Crippen MR) is 72.1 cm³/mol. The fraction of sp³-hybridized carbons (Fsp3) is 0.571. The van der Waals surface area contributed by atoms with E-state index in [1.54, 1.807) is 19.1 Å². The Morgan fingerprint density at radius 3 is 2.65 bits per heavy atom. The standard InChI is InChI=1S/C14H21NO5/c1-4-11(9-16)15(8-10(2)14(18)19-3)13(17)12-6-5-7-20-12/h5-7,10-11,16H,4,8-9H2,1-3H3. The van der Waals surface area contributed by atoms with Gasteiger partial charge in [-0.05, 0) is 18.6 Å². The van der Waals surface area contributed by atoms with Gasteiger partial charge in [-0.15, -0.1) is 0 Å². The van der Waals surface area contributed by atoms with Crippen LogP contribution in [0.25, 0.3) is 0 Å². The van der Waals surface area contributed by atoms with Gasteiger partial charge in [0.05, 0.1) is 31.9 Å². The molecule has 1 aromatic heterocycles. The van der Waals surface area contributed by atoms with E-state index < -0.39 is 11.9 Å². The van der Waals surface area contributed by atoms with Crippen molar-refractivity contribution in [3.63, 3.8) is 0 Å². The molecule has 1 N–H and O–H groups in total. The van der Waals surface area contributed by atoms with E-state index in [1.807, 2.05) is 6.92 Å². The maximum atomic E-state index is 12.4. The van der Waals surface area contributed by atoms with Gasteiger partial charge in [0.15, 0.2) is 5.76 Å². The first kappa shape index (κ1) is 16.2. The molecule has 0 radical (unpaired) electrons. The van der Waals surface area contributed by atoms with Crippen LogP contribution in [0, 0.1) is 5.92 Å². The van der Waals surface area contributed by atoms with Gasteiger partial charge >= 0.3 is 5.97 Å². The van der Waals surface area contributed by atoms with Crippen LogP contribution in [0.15, 0.2) is 22.8 Å². The van der Waals surface area contributed by atoms with E-state index in [4.69, 9.17) is 4.42 Å². The lowest BCUT2D eigenvalue weighted by molar-refractivity contribution is -0.145. The molecule has 20 heavy (non-hydrogen) atoms. The van der Waals surface area contributed by atoms with Gasteiger partial charge in [-0.25, -0.2) is 0 Å². The van der Waals surface area contributed by atoms with E-state index in [0.717, 1.165) is 0 Å². The van der Waals surface area contributed by atoms with E-state index >= 15 is 0 Å². The summed E-state index contributed by atoms with van der Waals surface area (Å²) in [5, 5.41) is 9.41. The summed E-state index contributed by atoms with van der Waals surface area (Å²) in [5.41, 5.74) is 0. The smallest absolute Gasteiger partial charge is 0.310 e. The molecule has 0 fully saturated rings. The SMILES string of the molecule is CCC(CO)N(CC(C)C(=O)OC)C(=O)c1ccco1. The Morgan fingerprint density at radius 2 is 2.20 bits per heavy atom. The Bertz CT molecular complexity index is 425. The third-order valence-electron chi connectivity index (χ3n) is 3.19. The average molecular weight is 283 g/mol. The van der Waals surface area contributed by atoms with Crippen LogP contribution in [0.3, 0.4) is 0 Å². The van der Waals surface area contributed by atoms with Gasteiger partial charge in [0.1, 0.15) is 0 Å². The molecular weight excluding hydrogens is 262 g/mol. The quantitative estimate of drug-likeness (QED) is 0.763. The lowest BCUT2D eigenvalue weighted by Gasteiger charge is -2.30. The first-order valence-corrected chi connectivity index (χ1v) is 6.58. The van der Waals surface area contributed by atoms with Crippen molar-refractivity contribution >= 4 is 11.9 Å². The second-order valence-electron chi connectivity index (χ2n) is 4.60. The largest absolute Gasteiger partial charge is 0.469 e. The number of nitrogens with zero attached hydrogens (tertiary/aromatic N) is 1. The number of carbonyl (C=O) groups is 2. The third kappa shape index (κ3) is 3.84. The molecule has 2 atom stereocenters. The fourth-order valence-electron chi connectivity index (χ4n) is 1.96. The van der Waals surface area contributed by atoms with Crippen molar-refractivity contribution in [2.45, 2.75) is 26.3 Å². The molecular formula is C14H21NO5. The molecule has 0 aromatic carbocycles. The molecule has 1 aromatic rings. The molecule has 112 valence electrons. The highest BCUT2D eigenvalue weighted by molar-refractivity contribution is 5.92. The Labute approximate surface area is 118 Å². The van der Waals surface area contributed by atoms with Crippen LogP contribution < -0.4 is 0 Å².